The molecule has 0 saturated carbocycles. The van der Waals surface area contributed by atoms with Crippen molar-refractivity contribution in [3.05, 3.63) is 12.2 Å². The summed E-state index contributed by atoms with van der Waals surface area (Å²) < 4.78 is 5.09. The van der Waals surface area contributed by atoms with Crippen LogP contribution in [0.15, 0.2) is 12.2 Å². The Labute approximate surface area is 97.5 Å². The van der Waals surface area contributed by atoms with Gasteiger partial charge in [0.2, 0.25) is 0 Å². The van der Waals surface area contributed by atoms with Crippen LogP contribution in [0, 0.1) is 0 Å². The zero-order valence-electron chi connectivity index (χ0n) is 10.0. The molecule has 2 heterocycles. The van der Waals surface area contributed by atoms with Crippen molar-refractivity contribution in [3.8, 4) is 0 Å². The number of cyclic esters (lactones) is 1. The largest absolute Gasteiger partial charge is 0.447 e. The lowest BCUT2D eigenvalue weighted by atomic mass is 9.98. The topological polar surface area (TPSA) is 29.5 Å². The van der Waals surface area contributed by atoms with Gasteiger partial charge in [0.05, 0.1) is 6.04 Å². The number of ether oxygens (including phenoxy) is 1. The quantitative estimate of drug-likeness (QED) is 0.529. The lowest BCUT2D eigenvalue weighted by Gasteiger charge is -2.31. The average molecular weight is 223 g/mol. The maximum Gasteiger partial charge on any atom is 0.410 e. The van der Waals surface area contributed by atoms with Crippen LogP contribution in [0.3, 0.4) is 0 Å². The standard InChI is InChI=1S/C13H21NO2/c1-2-3-4-5-7-11-8-6-9-12-10-16-13(15)14(11)12/h6,9,11-12H,2-5,7-8,10H2,1H3/t11-,12+/m0/s1. The van der Waals surface area contributed by atoms with Crippen molar-refractivity contribution in [1.82, 2.24) is 4.90 Å². The number of fused-ring (bicyclic) bond motifs is 1. The molecule has 0 aromatic heterocycles. The molecular formula is C13H21NO2. The molecule has 0 aromatic rings. The Morgan fingerprint density at radius 2 is 2.31 bits per heavy atom. The summed E-state index contributed by atoms with van der Waals surface area (Å²) >= 11 is 0. The third-order valence-corrected chi connectivity index (χ3v) is 3.50. The van der Waals surface area contributed by atoms with Crippen molar-refractivity contribution in [2.24, 2.45) is 0 Å². The van der Waals surface area contributed by atoms with Gasteiger partial charge in [0.1, 0.15) is 6.61 Å². The van der Waals surface area contributed by atoms with E-state index in [9.17, 15) is 4.79 Å². The highest BCUT2D eigenvalue weighted by Gasteiger charge is 2.37. The Hall–Kier alpha value is -0.990. The summed E-state index contributed by atoms with van der Waals surface area (Å²) in [4.78, 5) is 13.5. The Morgan fingerprint density at radius 1 is 1.44 bits per heavy atom. The van der Waals surface area contributed by atoms with E-state index >= 15 is 0 Å². The summed E-state index contributed by atoms with van der Waals surface area (Å²) in [6.45, 7) is 2.76. The molecule has 2 atom stereocenters. The molecule has 0 spiro atoms. The van der Waals surface area contributed by atoms with Gasteiger partial charge in [0.25, 0.3) is 0 Å². The predicted octanol–water partition coefficient (Wildman–Crippen LogP) is 3.11. The lowest BCUT2D eigenvalue weighted by Crippen LogP contribution is -2.43. The van der Waals surface area contributed by atoms with E-state index in [0.29, 0.717) is 12.6 Å². The van der Waals surface area contributed by atoms with Gasteiger partial charge in [0, 0.05) is 6.04 Å². The molecule has 0 aliphatic carbocycles. The fraction of sp³-hybridized carbons (Fsp3) is 0.769. The maximum atomic E-state index is 11.6. The summed E-state index contributed by atoms with van der Waals surface area (Å²) in [5.74, 6) is 0. The molecule has 90 valence electrons. The minimum Gasteiger partial charge on any atom is -0.447 e. The Kier molecular flexibility index (Phi) is 3.86. The number of rotatable bonds is 5. The molecule has 0 aromatic carbocycles. The van der Waals surface area contributed by atoms with Crippen LogP contribution >= 0.6 is 0 Å². The van der Waals surface area contributed by atoms with Gasteiger partial charge < -0.3 is 4.74 Å². The van der Waals surface area contributed by atoms with Gasteiger partial charge in [-0.25, -0.2) is 4.79 Å². The zero-order valence-corrected chi connectivity index (χ0v) is 10.0. The van der Waals surface area contributed by atoms with E-state index in [4.69, 9.17) is 4.74 Å². The van der Waals surface area contributed by atoms with Crippen LogP contribution in [-0.4, -0.2) is 29.7 Å². The fourth-order valence-electron chi connectivity index (χ4n) is 2.59. The number of carbonyl (C=O) groups is 1. The summed E-state index contributed by atoms with van der Waals surface area (Å²) in [6, 6.07) is 0.583. The molecule has 0 N–H and O–H groups in total. The van der Waals surface area contributed by atoms with E-state index in [0.717, 1.165) is 12.8 Å². The molecule has 16 heavy (non-hydrogen) atoms. The molecule has 2 aliphatic rings. The highest BCUT2D eigenvalue weighted by molar-refractivity contribution is 5.71. The minimum absolute atomic E-state index is 0.116. The summed E-state index contributed by atoms with van der Waals surface area (Å²) in [7, 11) is 0. The Bertz CT molecular complexity index is 275. The zero-order chi connectivity index (χ0) is 11.4. The molecule has 1 amide bonds. The number of unbranched alkanes of at least 4 members (excludes halogenated alkanes) is 3. The molecule has 1 fully saturated rings. The molecule has 0 unspecified atom stereocenters. The van der Waals surface area contributed by atoms with Crippen LogP contribution in [0.1, 0.15) is 45.4 Å². The van der Waals surface area contributed by atoms with Crippen molar-refractivity contribution in [3.63, 3.8) is 0 Å². The average Bonchev–Trinajstić information content (AvgIpc) is 2.68. The van der Waals surface area contributed by atoms with Gasteiger partial charge in [0.15, 0.2) is 0 Å². The normalized spacial score (nSPS) is 28.1. The molecule has 2 rings (SSSR count). The number of hydrogen-bond donors (Lipinski definition) is 0. The lowest BCUT2D eigenvalue weighted by molar-refractivity contribution is 0.142. The smallest absolute Gasteiger partial charge is 0.410 e. The Balaban J connectivity index is 1.84. The number of hydrogen-bond acceptors (Lipinski definition) is 2. The van der Waals surface area contributed by atoms with Crippen molar-refractivity contribution >= 4 is 6.09 Å². The number of nitrogens with zero attached hydrogens (tertiary/aromatic N) is 1. The molecule has 2 aliphatic heterocycles. The van der Waals surface area contributed by atoms with Crippen LogP contribution in [0.2, 0.25) is 0 Å². The first-order valence-corrected chi connectivity index (χ1v) is 6.44. The SMILES string of the molecule is CCCCCC[C@H]1CC=C[C@@H]2COC(=O)N12. The van der Waals surface area contributed by atoms with Crippen molar-refractivity contribution in [2.45, 2.75) is 57.5 Å². The van der Waals surface area contributed by atoms with Gasteiger partial charge in [-0.05, 0) is 12.8 Å². The molecule has 3 heteroatoms. The van der Waals surface area contributed by atoms with Crippen molar-refractivity contribution in [2.75, 3.05) is 6.61 Å². The van der Waals surface area contributed by atoms with Gasteiger partial charge in [-0.3, -0.25) is 4.90 Å². The minimum atomic E-state index is -0.116. The summed E-state index contributed by atoms with van der Waals surface area (Å²) in [5, 5.41) is 0. The first kappa shape index (κ1) is 11.5. The van der Waals surface area contributed by atoms with E-state index < -0.39 is 0 Å². The van der Waals surface area contributed by atoms with Crippen LogP contribution < -0.4 is 0 Å². The molecule has 0 bridgehead atoms. The van der Waals surface area contributed by atoms with Gasteiger partial charge in [-0.1, -0.05) is 44.8 Å². The molecule has 3 nitrogen and oxygen atoms in total. The second-order valence-electron chi connectivity index (χ2n) is 4.72. The highest BCUT2D eigenvalue weighted by Crippen LogP contribution is 2.26. The predicted molar refractivity (Wildman–Crippen MR) is 63.3 cm³/mol. The van der Waals surface area contributed by atoms with Gasteiger partial charge in [-0.15, -0.1) is 0 Å². The first-order valence-electron chi connectivity index (χ1n) is 6.44. The summed E-state index contributed by atoms with van der Waals surface area (Å²) in [5.41, 5.74) is 0. The van der Waals surface area contributed by atoms with E-state index in [2.05, 4.69) is 19.1 Å². The highest BCUT2D eigenvalue weighted by atomic mass is 16.6. The van der Waals surface area contributed by atoms with Crippen LogP contribution in [-0.2, 0) is 4.74 Å². The Morgan fingerprint density at radius 3 is 3.12 bits per heavy atom. The van der Waals surface area contributed by atoms with Crippen LogP contribution in [0.25, 0.3) is 0 Å². The van der Waals surface area contributed by atoms with E-state index in [-0.39, 0.29) is 12.1 Å². The molecule has 0 radical (unpaired) electrons. The van der Waals surface area contributed by atoms with Crippen molar-refractivity contribution in [1.29, 1.82) is 0 Å². The first-order chi connectivity index (χ1) is 7.83. The van der Waals surface area contributed by atoms with E-state index in [1.165, 1.54) is 25.7 Å². The second kappa shape index (κ2) is 5.37. The number of amides is 1. The molecule has 1 saturated heterocycles. The van der Waals surface area contributed by atoms with Crippen LogP contribution in [0.4, 0.5) is 4.79 Å². The van der Waals surface area contributed by atoms with Gasteiger partial charge >= 0.3 is 6.09 Å². The maximum absolute atomic E-state index is 11.6. The van der Waals surface area contributed by atoms with E-state index in [1.54, 1.807) is 0 Å². The summed E-state index contributed by atoms with van der Waals surface area (Å²) in [6.07, 6.45) is 11.4. The van der Waals surface area contributed by atoms with Crippen molar-refractivity contribution < 1.29 is 9.53 Å². The monoisotopic (exact) mass is 223 g/mol. The second-order valence-corrected chi connectivity index (χ2v) is 4.72. The van der Waals surface area contributed by atoms with Gasteiger partial charge in [-0.2, -0.15) is 0 Å². The third-order valence-electron chi connectivity index (χ3n) is 3.50. The third kappa shape index (κ3) is 2.39. The van der Waals surface area contributed by atoms with E-state index in [1.807, 2.05) is 4.90 Å². The number of carbonyl (C=O) groups excluding carboxylic acids is 1. The van der Waals surface area contributed by atoms with Crippen LogP contribution in [0.5, 0.6) is 0 Å². The fourth-order valence-corrected chi connectivity index (χ4v) is 2.59. The molecular weight excluding hydrogens is 202 g/mol.